The number of nitrogens with one attached hydrogen (secondary N) is 1. The lowest BCUT2D eigenvalue weighted by Crippen LogP contribution is -2.16. The minimum atomic E-state index is -4.00. The average Bonchev–Trinajstić information content (AvgIpc) is 2.77. The van der Waals surface area contributed by atoms with Gasteiger partial charge in [-0.25, -0.2) is 17.2 Å². The molecule has 0 fully saturated rings. The fourth-order valence-electron chi connectivity index (χ4n) is 1.79. The molecule has 2 rings (SSSR count). The lowest BCUT2D eigenvalue weighted by Gasteiger charge is -2.11. The Balaban J connectivity index is 2.47. The zero-order chi connectivity index (χ0) is 15.8. The predicted octanol–water partition coefficient (Wildman–Crippen LogP) is 3.36. The van der Waals surface area contributed by atoms with Gasteiger partial charge >= 0.3 is 0 Å². The third kappa shape index (κ3) is 3.25. The largest absolute Gasteiger partial charge is 0.326 e. The number of anilines is 1. The van der Waals surface area contributed by atoms with Crippen LogP contribution >= 0.6 is 27.3 Å². The molecule has 0 unspecified atom stereocenters. The van der Waals surface area contributed by atoms with Crippen LogP contribution in [0.15, 0.2) is 26.9 Å². The first-order chi connectivity index (χ1) is 9.76. The average molecular weight is 397 g/mol. The first-order valence-corrected chi connectivity index (χ1v) is 8.86. The van der Waals surface area contributed by atoms with Crippen molar-refractivity contribution in [3.05, 3.63) is 44.1 Å². The van der Waals surface area contributed by atoms with Gasteiger partial charge in [0.15, 0.2) is 0 Å². The second kappa shape index (κ2) is 5.99. The molecule has 21 heavy (non-hydrogen) atoms. The molecule has 0 radical (unpaired) electrons. The summed E-state index contributed by atoms with van der Waals surface area (Å²) in [5.74, 6) is -1.81. The van der Waals surface area contributed by atoms with Gasteiger partial charge in [0, 0.05) is 17.5 Å². The summed E-state index contributed by atoms with van der Waals surface area (Å²) in [6, 6.07) is 1.64. The van der Waals surface area contributed by atoms with E-state index < -0.39 is 21.7 Å². The molecule has 0 aliphatic carbocycles. The Kier molecular flexibility index (Phi) is 4.66. The maximum Gasteiger partial charge on any atom is 0.263 e. The number of hydrogen-bond acceptors (Lipinski definition) is 4. The van der Waals surface area contributed by atoms with Gasteiger partial charge in [-0.2, -0.15) is 0 Å². The molecule has 0 saturated heterocycles. The number of sulfonamides is 1. The molecule has 0 atom stereocenters. The van der Waals surface area contributed by atoms with E-state index in [9.17, 15) is 17.2 Å². The summed E-state index contributed by atoms with van der Waals surface area (Å²) < 4.78 is 53.7. The van der Waals surface area contributed by atoms with E-state index in [0.717, 1.165) is 6.07 Å². The molecule has 2 aromatic rings. The number of benzene rings is 1. The van der Waals surface area contributed by atoms with Gasteiger partial charge in [0.05, 0.1) is 10.2 Å². The van der Waals surface area contributed by atoms with Crippen LogP contribution in [0.1, 0.15) is 10.4 Å². The number of halogens is 3. The number of thiophene rings is 1. The summed E-state index contributed by atoms with van der Waals surface area (Å²) in [5, 5.41) is 1.66. The fourth-order valence-corrected chi connectivity index (χ4v) is 4.89. The Morgan fingerprint density at radius 1 is 1.33 bits per heavy atom. The normalized spacial score (nSPS) is 11.7. The molecule has 4 nitrogen and oxygen atoms in total. The van der Waals surface area contributed by atoms with Crippen molar-refractivity contribution < 1.29 is 17.2 Å². The Morgan fingerprint density at radius 3 is 2.62 bits per heavy atom. The predicted molar refractivity (Wildman–Crippen MR) is 81.8 cm³/mol. The minimum absolute atomic E-state index is 0.0369. The zero-order valence-electron chi connectivity index (χ0n) is 10.8. The van der Waals surface area contributed by atoms with Crippen LogP contribution in [0.3, 0.4) is 0 Å². The number of rotatable bonds is 4. The van der Waals surface area contributed by atoms with Crippen molar-refractivity contribution in [2.24, 2.45) is 5.73 Å². The van der Waals surface area contributed by atoms with Crippen LogP contribution in [0, 0.1) is 18.6 Å². The van der Waals surface area contributed by atoms with E-state index in [2.05, 4.69) is 20.7 Å². The van der Waals surface area contributed by atoms with Crippen molar-refractivity contribution in [1.29, 1.82) is 0 Å². The highest BCUT2D eigenvalue weighted by molar-refractivity contribution is 9.10. The van der Waals surface area contributed by atoms with Crippen LogP contribution < -0.4 is 10.5 Å². The van der Waals surface area contributed by atoms with Crippen molar-refractivity contribution in [2.75, 3.05) is 4.72 Å². The second-order valence-electron chi connectivity index (χ2n) is 4.23. The SMILES string of the molecule is Cc1csc(CN)c1S(=O)(=O)Nc1cc(Br)c(F)cc1F. The monoisotopic (exact) mass is 396 g/mol. The number of hydrogen-bond donors (Lipinski definition) is 2. The van der Waals surface area contributed by atoms with E-state index in [4.69, 9.17) is 5.73 Å². The highest BCUT2D eigenvalue weighted by atomic mass is 79.9. The first-order valence-electron chi connectivity index (χ1n) is 5.70. The van der Waals surface area contributed by atoms with Crippen molar-refractivity contribution in [2.45, 2.75) is 18.4 Å². The smallest absolute Gasteiger partial charge is 0.263 e. The lowest BCUT2D eigenvalue weighted by molar-refractivity contribution is 0.579. The second-order valence-corrected chi connectivity index (χ2v) is 7.66. The van der Waals surface area contributed by atoms with Gasteiger partial charge in [-0.05, 0) is 39.9 Å². The summed E-state index contributed by atoms with van der Waals surface area (Å²) >= 11 is 4.10. The third-order valence-corrected chi connectivity index (χ3v) is 6.16. The molecule has 0 saturated carbocycles. The minimum Gasteiger partial charge on any atom is -0.326 e. The number of nitrogens with two attached hydrogens (primary N) is 1. The molecular weight excluding hydrogens is 386 g/mol. The molecule has 3 N–H and O–H groups in total. The maximum absolute atomic E-state index is 13.7. The molecule has 1 aromatic carbocycles. The third-order valence-electron chi connectivity index (χ3n) is 2.70. The van der Waals surface area contributed by atoms with Crippen LogP contribution in [0.2, 0.25) is 0 Å². The van der Waals surface area contributed by atoms with Crippen molar-refractivity contribution in [1.82, 2.24) is 0 Å². The molecule has 114 valence electrons. The molecule has 0 amide bonds. The van der Waals surface area contributed by atoms with Crippen LogP contribution in [0.5, 0.6) is 0 Å². The van der Waals surface area contributed by atoms with E-state index in [1.807, 2.05) is 0 Å². The fraction of sp³-hybridized carbons (Fsp3) is 0.167. The molecule has 0 spiro atoms. The molecule has 1 aromatic heterocycles. The van der Waals surface area contributed by atoms with Gasteiger partial charge < -0.3 is 5.73 Å². The summed E-state index contributed by atoms with van der Waals surface area (Å²) in [6.45, 7) is 1.69. The lowest BCUT2D eigenvalue weighted by atomic mass is 10.3. The van der Waals surface area contributed by atoms with Crippen LogP contribution in [-0.2, 0) is 16.6 Å². The van der Waals surface area contributed by atoms with Gasteiger partial charge in [-0.1, -0.05) is 0 Å². The summed E-state index contributed by atoms with van der Waals surface area (Å²) in [7, 11) is -4.00. The first kappa shape index (κ1) is 16.3. The van der Waals surface area contributed by atoms with Crippen molar-refractivity contribution in [3.63, 3.8) is 0 Å². The Morgan fingerprint density at radius 2 is 2.00 bits per heavy atom. The van der Waals surface area contributed by atoms with Crippen molar-refractivity contribution >= 4 is 43.0 Å². The van der Waals surface area contributed by atoms with E-state index in [-0.39, 0.29) is 21.6 Å². The van der Waals surface area contributed by atoms with E-state index in [1.54, 1.807) is 12.3 Å². The Hall–Kier alpha value is -1.03. The summed E-state index contributed by atoms with van der Waals surface area (Å²) in [5.41, 5.74) is 5.70. The van der Waals surface area contributed by atoms with E-state index in [1.165, 1.54) is 11.3 Å². The van der Waals surface area contributed by atoms with Crippen LogP contribution in [0.4, 0.5) is 14.5 Å². The van der Waals surface area contributed by atoms with Gasteiger partial charge in [-0.15, -0.1) is 11.3 Å². The Labute approximate surface area is 133 Å². The van der Waals surface area contributed by atoms with E-state index in [0.29, 0.717) is 16.5 Å². The standard InChI is InChI=1S/C12H11BrF2N2O2S2/c1-6-5-20-11(4-16)12(6)21(18,19)17-10-2-7(13)8(14)3-9(10)15/h2-3,5,17H,4,16H2,1H3. The highest BCUT2D eigenvalue weighted by Crippen LogP contribution is 2.30. The summed E-state index contributed by atoms with van der Waals surface area (Å²) in [6.07, 6.45) is 0. The van der Waals surface area contributed by atoms with E-state index >= 15 is 0 Å². The topological polar surface area (TPSA) is 72.2 Å². The molecule has 0 aliphatic heterocycles. The summed E-state index contributed by atoms with van der Waals surface area (Å²) in [4.78, 5) is 0.511. The molecule has 0 aliphatic rings. The Bertz CT molecular complexity index is 791. The van der Waals surface area contributed by atoms with Gasteiger partial charge in [0.25, 0.3) is 10.0 Å². The zero-order valence-corrected chi connectivity index (χ0v) is 14.0. The van der Waals surface area contributed by atoms with Gasteiger partial charge in [0.1, 0.15) is 16.5 Å². The van der Waals surface area contributed by atoms with Gasteiger partial charge in [0.2, 0.25) is 0 Å². The van der Waals surface area contributed by atoms with Gasteiger partial charge in [-0.3, -0.25) is 4.72 Å². The molecule has 9 heteroatoms. The molecular formula is C12H11BrF2N2O2S2. The van der Waals surface area contributed by atoms with Crippen LogP contribution in [0.25, 0.3) is 0 Å². The highest BCUT2D eigenvalue weighted by Gasteiger charge is 2.24. The van der Waals surface area contributed by atoms with Crippen molar-refractivity contribution in [3.8, 4) is 0 Å². The maximum atomic E-state index is 13.7. The quantitative estimate of drug-likeness (QED) is 0.778. The number of aryl methyl sites for hydroxylation is 1. The molecule has 1 heterocycles. The van der Waals surface area contributed by atoms with Crippen LogP contribution in [-0.4, -0.2) is 8.42 Å². The molecule has 0 bridgehead atoms.